The number of halogens is 1. The monoisotopic (exact) mass is 625 g/mol. The van der Waals surface area contributed by atoms with Gasteiger partial charge in [-0.05, 0) is 80.0 Å². The van der Waals surface area contributed by atoms with E-state index >= 15 is 0 Å². The highest BCUT2D eigenvalue weighted by molar-refractivity contribution is 8.00. The molecule has 7 rings (SSSR count). The van der Waals surface area contributed by atoms with E-state index in [1.54, 1.807) is 49.0 Å². The molecule has 8 unspecified atom stereocenters. The molecule has 2 aliphatic carbocycles. The van der Waals surface area contributed by atoms with E-state index < -0.39 is 23.8 Å². The summed E-state index contributed by atoms with van der Waals surface area (Å²) in [6.45, 7) is 3.82. The van der Waals surface area contributed by atoms with Crippen LogP contribution in [0, 0.1) is 29.6 Å². The van der Waals surface area contributed by atoms with E-state index in [0.29, 0.717) is 23.1 Å². The van der Waals surface area contributed by atoms with Gasteiger partial charge in [0, 0.05) is 26.8 Å². The first-order chi connectivity index (χ1) is 20.2. The molecule has 3 N–H and O–H groups in total. The first-order valence-electron chi connectivity index (χ1n) is 14.0. The fourth-order valence-corrected chi connectivity index (χ4v) is 10.7. The number of benzene rings is 2. The van der Waals surface area contributed by atoms with Gasteiger partial charge in [0.2, 0.25) is 17.7 Å². The zero-order valence-electron chi connectivity index (χ0n) is 22.7. The Kier molecular flexibility index (Phi) is 6.67. The number of thioether (sulfide) groups is 1. The largest absolute Gasteiger partial charge is 0.504 e. The Bertz CT molecular complexity index is 1670. The number of aromatic nitrogens is 1. The molecular formula is C30H28ClN3O6S2. The summed E-state index contributed by atoms with van der Waals surface area (Å²) < 4.78 is 5.68. The Morgan fingerprint density at radius 1 is 1.14 bits per heavy atom. The van der Waals surface area contributed by atoms with Crippen molar-refractivity contribution in [2.24, 2.45) is 29.6 Å². The van der Waals surface area contributed by atoms with E-state index in [-0.39, 0.29) is 51.4 Å². The van der Waals surface area contributed by atoms with Crippen LogP contribution in [-0.2, 0) is 14.4 Å². The molecule has 3 aromatic rings. The van der Waals surface area contributed by atoms with Crippen molar-refractivity contribution < 1.29 is 24.2 Å². The lowest BCUT2D eigenvalue weighted by atomic mass is 9.68. The highest BCUT2D eigenvalue weighted by atomic mass is 35.5. The van der Waals surface area contributed by atoms with Crippen LogP contribution in [0.5, 0.6) is 11.5 Å². The minimum absolute atomic E-state index is 0.00545. The van der Waals surface area contributed by atoms with Gasteiger partial charge in [-0.2, -0.15) is 0 Å². The number of hydrogen-bond acceptors (Lipinski definition) is 8. The van der Waals surface area contributed by atoms with Gasteiger partial charge in [-0.25, -0.2) is 0 Å². The third-order valence-corrected chi connectivity index (χ3v) is 12.1. The van der Waals surface area contributed by atoms with Gasteiger partial charge in [-0.1, -0.05) is 29.0 Å². The molecule has 1 aromatic heterocycles. The van der Waals surface area contributed by atoms with Gasteiger partial charge in [-0.15, -0.1) is 11.8 Å². The number of ether oxygens (including phenoxy) is 1. The van der Waals surface area contributed by atoms with Crippen molar-refractivity contribution in [3.8, 4) is 11.5 Å². The Hall–Kier alpha value is -3.28. The van der Waals surface area contributed by atoms with Gasteiger partial charge in [0.15, 0.2) is 11.5 Å². The van der Waals surface area contributed by atoms with Crippen LogP contribution in [-0.4, -0.2) is 50.6 Å². The maximum atomic E-state index is 14.0. The number of fused-ring (bicyclic) bond motifs is 9. The van der Waals surface area contributed by atoms with Gasteiger partial charge in [-0.3, -0.25) is 24.1 Å². The van der Waals surface area contributed by atoms with Crippen molar-refractivity contribution in [3.63, 3.8) is 0 Å². The summed E-state index contributed by atoms with van der Waals surface area (Å²) in [6.07, 6.45) is 0.737. The van der Waals surface area contributed by atoms with Crippen LogP contribution < -0.4 is 14.9 Å². The van der Waals surface area contributed by atoms with E-state index in [1.165, 1.54) is 16.2 Å². The molecule has 3 heterocycles. The summed E-state index contributed by atoms with van der Waals surface area (Å²) in [6, 6.07) is 11.0. The lowest BCUT2D eigenvalue weighted by Crippen LogP contribution is -2.46. The number of carbonyl (C=O) groups is 3. The van der Waals surface area contributed by atoms with Crippen LogP contribution in [0.1, 0.15) is 36.6 Å². The van der Waals surface area contributed by atoms with Gasteiger partial charge in [0.05, 0.1) is 23.5 Å². The number of likely N-dealkylation sites (tertiary alicyclic amines) is 1. The average molecular weight is 626 g/mol. The van der Waals surface area contributed by atoms with Gasteiger partial charge in [0.1, 0.15) is 6.04 Å². The number of aromatic hydroxyl groups is 1. The molecule has 0 spiro atoms. The third-order valence-electron chi connectivity index (χ3n) is 9.28. The molecule has 3 amide bonds. The van der Waals surface area contributed by atoms with Crippen LogP contribution >= 0.6 is 34.7 Å². The Balaban J connectivity index is 1.22. The molecule has 12 heteroatoms. The molecular weight excluding hydrogens is 598 g/mol. The highest BCUT2D eigenvalue weighted by Gasteiger charge is 2.70. The topological polar surface area (TPSA) is 129 Å². The second kappa shape index (κ2) is 10.2. The zero-order valence-corrected chi connectivity index (χ0v) is 25.1. The first kappa shape index (κ1) is 27.5. The lowest BCUT2D eigenvalue weighted by molar-refractivity contribution is -0.146. The molecule has 218 valence electrons. The van der Waals surface area contributed by atoms with Gasteiger partial charge < -0.3 is 20.1 Å². The molecule has 9 nitrogen and oxygen atoms in total. The number of aromatic amines is 1. The Morgan fingerprint density at radius 2 is 1.86 bits per heavy atom. The number of thiazole rings is 1. The predicted molar refractivity (Wildman–Crippen MR) is 159 cm³/mol. The van der Waals surface area contributed by atoms with Gasteiger partial charge in [0.25, 0.3) is 0 Å². The number of imide groups is 1. The highest BCUT2D eigenvalue weighted by Crippen LogP contribution is 2.68. The number of phenolic OH excluding ortho intramolecular Hbond substituents is 1. The van der Waals surface area contributed by atoms with Gasteiger partial charge >= 0.3 is 4.87 Å². The first-order valence-corrected chi connectivity index (χ1v) is 16.0. The predicted octanol–water partition coefficient (Wildman–Crippen LogP) is 4.69. The van der Waals surface area contributed by atoms with E-state index in [0.717, 1.165) is 21.9 Å². The van der Waals surface area contributed by atoms with Crippen molar-refractivity contribution in [2.75, 3.05) is 11.9 Å². The van der Waals surface area contributed by atoms with E-state index in [9.17, 15) is 24.3 Å². The second-order valence-corrected chi connectivity index (χ2v) is 14.0. The smallest absolute Gasteiger partial charge is 0.305 e. The minimum atomic E-state index is -0.972. The maximum Gasteiger partial charge on any atom is 0.305 e. The summed E-state index contributed by atoms with van der Waals surface area (Å²) in [5.41, 5.74) is 1.43. The number of phenols is 1. The fraction of sp³-hybridized carbons (Fsp3) is 0.400. The van der Waals surface area contributed by atoms with Crippen molar-refractivity contribution in [1.29, 1.82) is 0 Å². The summed E-state index contributed by atoms with van der Waals surface area (Å²) in [7, 11) is 0. The number of nitrogens with zero attached hydrogens (tertiary/aromatic N) is 1. The number of anilines is 1. The number of nitrogens with one attached hydrogen (secondary N) is 2. The number of rotatable bonds is 6. The molecule has 2 bridgehead atoms. The summed E-state index contributed by atoms with van der Waals surface area (Å²) in [5, 5.41) is 14.5. The number of carbonyl (C=O) groups excluding carboxylic acids is 3. The van der Waals surface area contributed by atoms with Crippen LogP contribution in [0.15, 0.2) is 52.3 Å². The summed E-state index contributed by atoms with van der Waals surface area (Å²) >= 11 is 8.73. The standard InChI is InChI=1S/C30H28ClN3O6S2/c1-3-40-19-10-13(4-9-18(19)35)20-21-16-11-17(24(21)41-27-25(20)42-30(39)33-27)23-22(16)28(37)34(29(23)38)12(2)26(36)32-15-7-5-14(31)6-8-15/h4-10,12,16-17,20-24,35H,3,11H2,1-2H3,(H,32,36)(H,33,39). The number of H-pyrrole nitrogens is 1. The van der Waals surface area contributed by atoms with Crippen molar-refractivity contribution >= 4 is 58.1 Å². The second-order valence-electron chi connectivity index (χ2n) is 11.3. The number of amides is 3. The maximum absolute atomic E-state index is 14.0. The normalized spacial score (nSPS) is 29.7. The molecule has 4 aliphatic rings. The van der Waals surface area contributed by atoms with E-state index in [1.807, 2.05) is 19.1 Å². The minimum Gasteiger partial charge on any atom is -0.504 e. The summed E-state index contributed by atoms with van der Waals surface area (Å²) in [4.78, 5) is 58.4. The molecule has 3 fully saturated rings. The van der Waals surface area contributed by atoms with Crippen molar-refractivity contribution in [1.82, 2.24) is 9.88 Å². The fourth-order valence-electron chi connectivity index (χ4n) is 7.69. The molecule has 2 aliphatic heterocycles. The molecule has 8 atom stereocenters. The van der Waals surface area contributed by atoms with Crippen molar-refractivity contribution in [3.05, 3.63) is 67.6 Å². The summed E-state index contributed by atoms with van der Waals surface area (Å²) in [5.74, 6) is -2.00. The third kappa shape index (κ3) is 4.11. The molecule has 0 radical (unpaired) electrons. The zero-order chi connectivity index (χ0) is 29.4. The van der Waals surface area contributed by atoms with Crippen molar-refractivity contribution in [2.45, 2.75) is 42.5 Å². The van der Waals surface area contributed by atoms with Crippen LogP contribution in [0.4, 0.5) is 5.69 Å². The van der Waals surface area contributed by atoms with Crippen LogP contribution in [0.25, 0.3) is 0 Å². The molecule has 2 aromatic carbocycles. The molecule has 1 saturated heterocycles. The lowest BCUT2D eigenvalue weighted by Gasteiger charge is -2.43. The number of hydrogen-bond donors (Lipinski definition) is 3. The molecule has 42 heavy (non-hydrogen) atoms. The average Bonchev–Trinajstić information content (AvgIpc) is 3.70. The van der Waals surface area contributed by atoms with Crippen LogP contribution in [0.3, 0.4) is 0 Å². The Morgan fingerprint density at radius 3 is 2.57 bits per heavy atom. The quantitative estimate of drug-likeness (QED) is 0.339. The molecule has 2 saturated carbocycles. The van der Waals surface area contributed by atoms with E-state index in [2.05, 4.69) is 10.3 Å². The van der Waals surface area contributed by atoms with Crippen LogP contribution in [0.2, 0.25) is 5.02 Å². The SMILES string of the molecule is CCOc1cc(C2c3sc(=O)[nH]c3SC3C4CC(C5C(=O)N(C(C)C(=O)Nc6ccc(Cl)cc6)C(=O)C45)C23)ccc1O. The Labute approximate surface area is 254 Å². The van der Waals surface area contributed by atoms with E-state index in [4.69, 9.17) is 16.3 Å².